The van der Waals surface area contributed by atoms with Gasteiger partial charge < -0.3 is 4.90 Å². The highest BCUT2D eigenvalue weighted by Gasteiger charge is 2.15. The van der Waals surface area contributed by atoms with Crippen LogP contribution in [0.4, 0.5) is 11.4 Å². The van der Waals surface area contributed by atoms with Gasteiger partial charge in [-0.2, -0.15) is 0 Å². The molecule has 0 bridgehead atoms. The molecule has 0 heterocycles. The van der Waals surface area contributed by atoms with Crippen molar-refractivity contribution in [2.75, 3.05) is 11.9 Å². The van der Waals surface area contributed by atoms with E-state index >= 15 is 0 Å². The third kappa shape index (κ3) is 2.33. The lowest BCUT2D eigenvalue weighted by molar-refractivity contribution is 1.11. The van der Waals surface area contributed by atoms with Crippen LogP contribution in [0.5, 0.6) is 0 Å². The first kappa shape index (κ1) is 14.6. The molecule has 0 aliphatic rings. The molecule has 0 fully saturated rings. The summed E-state index contributed by atoms with van der Waals surface area (Å²) in [5, 5.41) is 0. The fourth-order valence-electron chi connectivity index (χ4n) is 2.92. The van der Waals surface area contributed by atoms with Crippen molar-refractivity contribution in [3.05, 3.63) is 57.6 Å². The SMILES string of the molecule is Cc1cccc(N(C)c2c(C)c(C)cc(C)c2C)c1C. The molecule has 1 heteroatoms. The lowest BCUT2D eigenvalue weighted by Gasteiger charge is -2.28. The first-order chi connectivity index (χ1) is 9.34. The Hall–Kier alpha value is -1.76. The summed E-state index contributed by atoms with van der Waals surface area (Å²) in [4.78, 5) is 2.34. The molecule has 106 valence electrons. The second kappa shape index (κ2) is 5.32. The molecule has 0 spiro atoms. The van der Waals surface area contributed by atoms with Crippen molar-refractivity contribution in [2.45, 2.75) is 41.5 Å². The van der Waals surface area contributed by atoms with Crippen LogP contribution in [-0.2, 0) is 0 Å². The largest absolute Gasteiger partial charge is 0.344 e. The highest BCUT2D eigenvalue weighted by atomic mass is 15.1. The normalized spacial score (nSPS) is 10.8. The van der Waals surface area contributed by atoms with Gasteiger partial charge in [-0.15, -0.1) is 0 Å². The van der Waals surface area contributed by atoms with E-state index in [2.05, 4.69) is 77.8 Å². The summed E-state index contributed by atoms with van der Waals surface area (Å²) in [7, 11) is 2.18. The van der Waals surface area contributed by atoms with Crippen molar-refractivity contribution >= 4 is 11.4 Å². The van der Waals surface area contributed by atoms with Crippen LogP contribution in [0.1, 0.15) is 33.4 Å². The van der Waals surface area contributed by atoms with Gasteiger partial charge in [-0.1, -0.05) is 18.2 Å². The maximum atomic E-state index is 2.34. The van der Waals surface area contributed by atoms with E-state index in [0.717, 1.165) is 0 Å². The molecule has 0 radical (unpaired) electrons. The van der Waals surface area contributed by atoms with Gasteiger partial charge in [-0.3, -0.25) is 0 Å². The lowest BCUT2D eigenvalue weighted by atomic mass is 9.97. The zero-order valence-corrected chi connectivity index (χ0v) is 13.8. The molecule has 1 nitrogen and oxygen atoms in total. The molecular formula is C19H25N. The summed E-state index contributed by atoms with van der Waals surface area (Å²) < 4.78 is 0. The average Bonchev–Trinajstić information content (AvgIpc) is 2.40. The Morgan fingerprint density at radius 1 is 0.700 bits per heavy atom. The molecule has 0 saturated heterocycles. The fraction of sp³-hybridized carbons (Fsp3) is 0.368. The average molecular weight is 267 g/mol. The molecule has 0 aromatic heterocycles. The Balaban J connectivity index is 2.65. The molecule has 2 aromatic carbocycles. The molecule has 0 aliphatic heterocycles. The fourth-order valence-corrected chi connectivity index (χ4v) is 2.92. The molecule has 2 rings (SSSR count). The number of rotatable bonds is 2. The Labute approximate surface area is 123 Å². The van der Waals surface area contributed by atoms with Crippen LogP contribution < -0.4 is 4.90 Å². The Bertz CT molecular complexity index is 627. The minimum atomic E-state index is 1.29. The first-order valence-corrected chi connectivity index (χ1v) is 7.22. The molecule has 0 unspecified atom stereocenters. The van der Waals surface area contributed by atoms with Crippen molar-refractivity contribution in [1.29, 1.82) is 0 Å². The monoisotopic (exact) mass is 267 g/mol. The van der Waals surface area contributed by atoms with E-state index in [9.17, 15) is 0 Å². The van der Waals surface area contributed by atoms with Crippen molar-refractivity contribution in [1.82, 2.24) is 0 Å². The van der Waals surface area contributed by atoms with E-state index in [-0.39, 0.29) is 0 Å². The van der Waals surface area contributed by atoms with Gasteiger partial charge in [-0.25, -0.2) is 0 Å². The van der Waals surface area contributed by atoms with Gasteiger partial charge in [-0.05, 0) is 81.0 Å². The number of hydrogen-bond donors (Lipinski definition) is 0. The lowest BCUT2D eigenvalue weighted by Crippen LogP contribution is -2.15. The molecule has 0 atom stereocenters. The maximum Gasteiger partial charge on any atom is 0.0472 e. The highest BCUT2D eigenvalue weighted by molar-refractivity contribution is 5.73. The quantitative estimate of drug-likeness (QED) is 0.713. The number of benzene rings is 2. The third-order valence-corrected chi connectivity index (χ3v) is 4.60. The minimum absolute atomic E-state index is 1.29. The zero-order valence-electron chi connectivity index (χ0n) is 13.8. The van der Waals surface area contributed by atoms with Gasteiger partial charge >= 0.3 is 0 Å². The van der Waals surface area contributed by atoms with Crippen molar-refractivity contribution in [2.24, 2.45) is 0 Å². The topological polar surface area (TPSA) is 3.24 Å². The van der Waals surface area contributed by atoms with E-state index in [1.165, 1.54) is 44.8 Å². The van der Waals surface area contributed by atoms with Crippen LogP contribution in [0.3, 0.4) is 0 Å². The summed E-state index contributed by atoms with van der Waals surface area (Å²) in [6.45, 7) is 13.2. The Kier molecular flexibility index (Phi) is 3.89. The summed E-state index contributed by atoms with van der Waals surface area (Å²) in [6, 6.07) is 8.80. The smallest absolute Gasteiger partial charge is 0.0472 e. The van der Waals surface area contributed by atoms with Crippen LogP contribution in [-0.4, -0.2) is 7.05 Å². The molecule has 0 aliphatic carbocycles. The Morgan fingerprint density at radius 2 is 1.25 bits per heavy atom. The second-order valence-electron chi connectivity index (χ2n) is 5.89. The molecular weight excluding hydrogens is 242 g/mol. The maximum absolute atomic E-state index is 2.34. The predicted molar refractivity (Wildman–Crippen MR) is 89.4 cm³/mol. The van der Waals surface area contributed by atoms with E-state index < -0.39 is 0 Å². The van der Waals surface area contributed by atoms with Gasteiger partial charge in [0.05, 0.1) is 0 Å². The number of hydrogen-bond acceptors (Lipinski definition) is 1. The first-order valence-electron chi connectivity index (χ1n) is 7.22. The second-order valence-corrected chi connectivity index (χ2v) is 5.89. The highest BCUT2D eigenvalue weighted by Crippen LogP contribution is 2.35. The minimum Gasteiger partial charge on any atom is -0.344 e. The molecule has 0 saturated carbocycles. The third-order valence-electron chi connectivity index (χ3n) is 4.60. The molecule has 20 heavy (non-hydrogen) atoms. The molecule has 2 aromatic rings. The summed E-state index contributed by atoms with van der Waals surface area (Å²) in [6.07, 6.45) is 0. The number of nitrogens with zero attached hydrogens (tertiary/aromatic N) is 1. The van der Waals surface area contributed by atoms with Crippen LogP contribution in [0.2, 0.25) is 0 Å². The van der Waals surface area contributed by atoms with Crippen LogP contribution >= 0.6 is 0 Å². The van der Waals surface area contributed by atoms with E-state index in [1.54, 1.807) is 0 Å². The zero-order chi connectivity index (χ0) is 15.0. The molecule has 0 N–H and O–H groups in total. The van der Waals surface area contributed by atoms with Gasteiger partial charge in [0.2, 0.25) is 0 Å². The van der Waals surface area contributed by atoms with Gasteiger partial charge in [0.15, 0.2) is 0 Å². The number of anilines is 2. The summed E-state index contributed by atoms with van der Waals surface area (Å²) >= 11 is 0. The van der Waals surface area contributed by atoms with Gasteiger partial charge in [0, 0.05) is 18.4 Å². The molecule has 0 amide bonds. The predicted octanol–water partition coefficient (Wildman–Crippen LogP) is 5.31. The van der Waals surface area contributed by atoms with Gasteiger partial charge in [0.1, 0.15) is 0 Å². The van der Waals surface area contributed by atoms with E-state index in [1.807, 2.05) is 0 Å². The van der Waals surface area contributed by atoms with E-state index in [0.29, 0.717) is 0 Å². The van der Waals surface area contributed by atoms with Crippen molar-refractivity contribution in [3.8, 4) is 0 Å². The van der Waals surface area contributed by atoms with Gasteiger partial charge in [0.25, 0.3) is 0 Å². The van der Waals surface area contributed by atoms with Crippen molar-refractivity contribution < 1.29 is 0 Å². The Morgan fingerprint density at radius 3 is 1.80 bits per heavy atom. The van der Waals surface area contributed by atoms with E-state index in [4.69, 9.17) is 0 Å². The van der Waals surface area contributed by atoms with Crippen LogP contribution in [0, 0.1) is 41.5 Å². The van der Waals surface area contributed by atoms with Crippen molar-refractivity contribution in [3.63, 3.8) is 0 Å². The van der Waals surface area contributed by atoms with Crippen LogP contribution in [0.25, 0.3) is 0 Å². The summed E-state index contributed by atoms with van der Waals surface area (Å²) in [5.74, 6) is 0. The summed E-state index contributed by atoms with van der Waals surface area (Å²) in [5.41, 5.74) is 10.8. The number of aryl methyl sites for hydroxylation is 3. The van der Waals surface area contributed by atoms with Crippen LogP contribution in [0.15, 0.2) is 24.3 Å². The standard InChI is InChI=1S/C19H25N/c1-12-9-8-10-18(15(12)4)20(7)19-16(5)13(2)11-14(3)17(19)6/h8-11H,1-7H3.